The summed E-state index contributed by atoms with van der Waals surface area (Å²) in [5.74, 6) is -16.7. The standard InChI is InChI=1S/C65H117N17O22/c1-13-31(5)46(77-54(92)39(68)20-15-17-23-66)59(97)69-28-45(90)76-49(35(9)85)62(100)80-51(37(11)87)64(102)82-25-19-22-43(82)58(96)72-40(21-16-18-24-67)55(93)79-50(36(10)86)63(101)78-47(32(6)14-2)60(98)70-27-44(89)75-48(34(8)84)61(99)74-42(29-83)57(95)73-41(26-30(3)4)56(94)71-33(7)53(91)81-52(38(12)88)65(103)104/h30-43,46-52,83-88H,13-29,66-68H2,1-12H3,(H,69,97)(H,70,98)(H,71,94)(H,72,96)(H,73,95)(H,74,99)(H,75,89)(H,76,90)(H,77,92)(H,78,101)(H,79,93)(H,80,100)(H,81,91)(H,103,104)/t31-,32-,33-,34+,35+,36+,37+,38+,39-,40-,41-,42-,43-,46-,47-,48-,49-,50-,51-,52-/m0/s1. The van der Waals surface area contributed by atoms with Crippen LogP contribution in [0.15, 0.2) is 0 Å². The van der Waals surface area contributed by atoms with Crippen LogP contribution in [0.2, 0.25) is 0 Å². The van der Waals surface area contributed by atoms with E-state index in [1.165, 1.54) is 6.92 Å². The monoisotopic (exact) mass is 1490 g/mol. The van der Waals surface area contributed by atoms with Gasteiger partial charge >= 0.3 is 5.97 Å². The molecular formula is C65H117N17O22. The lowest BCUT2D eigenvalue weighted by atomic mass is 9.97. The Hall–Kier alpha value is -8.31. The number of aliphatic hydroxyl groups is 6. The molecule has 0 spiro atoms. The minimum atomic E-state index is -1.85. The van der Waals surface area contributed by atoms with Gasteiger partial charge in [0.2, 0.25) is 82.7 Å². The van der Waals surface area contributed by atoms with Crippen LogP contribution in [0.1, 0.15) is 154 Å². The van der Waals surface area contributed by atoms with Crippen LogP contribution in [0.3, 0.4) is 0 Å². The second-order valence-corrected chi connectivity index (χ2v) is 26.9. The van der Waals surface area contributed by atoms with Gasteiger partial charge in [0.15, 0.2) is 6.04 Å². The van der Waals surface area contributed by atoms with Gasteiger partial charge in [-0.2, -0.15) is 0 Å². The van der Waals surface area contributed by atoms with Gasteiger partial charge in [-0.15, -0.1) is 0 Å². The molecule has 0 bridgehead atoms. The molecular weight excluding hydrogens is 1370 g/mol. The number of aliphatic carboxylic acids is 1. The first-order valence-electron chi connectivity index (χ1n) is 35.2. The summed E-state index contributed by atoms with van der Waals surface area (Å²) < 4.78 is 0. The van der Waals surface area contributed by atoms with Crippen molar-refractivity contribution in [3.8, 4) is 0 Å². The number of likely N-dealkylation sites (tertiary alicyclic amines) is 1. The average Bonchev–Trinajstić information content (AvgIpc) is 1.57. The number of nitrogens with zero attached hydrogens (tertiary/aromatic N) is 1. The summed E-state index contributed by atoms with van der Waals surface area (Å²) in [5, 5.41) is 103. The molecule has 0 unspecified atom stereocenters. The molecule has 0 aromatic rings. The minimum Gasteiger partial charge on any atom is -0.480 e. The van der Waals surface area contributed by atoms with E-state index in [2.05, 4.69) is 69.1 Å². The number of nitrogens with one attached hydrogen (secondary N) is 13. The number of carbonyl (C=O) groups excluding carboxylic acids is 14. The molecule has 1 aliphatic rings. The third kappa shape index (κ3) is 31.6. The van der Waals surface area contributed by atoms with Crippen LogP contribution < -0.4 is 86.3 Å². The van der Waals surface area contributed by atoms with Crippen molar-refractivity contribution in [2.24, 2.45) is 35.0 Å². The molecule has 0 aliphatic carbocycles. The smallest absolute Gasteiger partial charge is 0.328 e. The van der Waals surface area contributed by atoms with Crippen LogP contribution in [0.5, 0.6) is 0 Å². The highest BCUT2D eigenvalue weighted by molar-refractivity contribution is 6.00. The van der Waals surface area contributed by atoms with E-state index in [9.17, 15) is 108 Å². The second-order valence-electron chi connectivity index (χ2n) is 26.9. The molecule has 0 aromatic heterocycles. The van der Waals surface area contributed by atoms with Crippen LogP contribution in [-0.2, 0) is 71.9 Å². The Bertz CT molecular complexity index is 2870. The van der Waals surface area contributed by atoms with Gasteiger partial charge in [-0.1, -0.05) is 60.8 Å². The SMILES string of the molecule is CC[C@H](C)[C@H](NC(=O)[C@@H](NC(=O)[C@H](CCCCN)NC(=O)[C@@H]1CCCN1C(=O)[C@@H](NC(=O)[C@@H](NC(=O)CNC(=O)[C@@H](NC(=O)[C@@H](N)CCCCN)[C@@H](C)CC)[C@@H](C)O)[C@@H](C)O)[C@@H](C)O)C(=O)NCC(=O)N[C@H](C(=O)N[C@@H](CO)C(=O)N[C@@H](CC(C)C)C(=O)N[C@@H](C)C(=O)N[C@H](C(=O)O)[C@@H](C)O)[C@@H](C)O. The van der Waals surface area contributed by atoms with E-state index >= 15 is 0 Å². The number of amides is 14. The summed E-state index contributed by atoms with van der Waals surface area (Å²) in [6.45, 7) is 14.7. The molecule has 0 aromatic carbocycles. The molecule has 26 N–H and O–H groups in total. The highest BCUT2D eigenvalue weighted by atomic mass is 16.4. The Morgan fingerprint density at radius 2 is 0.827 bits per heavy atom. The van der Waals surface area contributed by atoms with E-state index in [-0.39, 0.29) is 57.5 Å². The lowest BCUT2D eigenvalue weighted by Gasteiger charge is -2.32. The number of carboxylic acids is 1. The van der Waals surface area contributed by atoms with Crippen LogP contribution >= 0.6 is 0 Å². The van der Waals surface area contributed by atoms with E-state index in [1.807, 2.05) is 0 Å². The molecule has 20 atom stereocenters. The zero-order valence-electron chi connectivity index (χ0n) is 61.6. The van der Waals surface area contributed by atoms with E-state index in [0.717, 1.165) is 39.5 Å². The van der Waals surface area contributed by atoms with Crippen molar-refractivity contribution in [2.75, 3.05) is 39.3 Å². The summed E-state index contributed by atoms with van der Waals surface area (Å²) in [6, 6.07) is -19.8. The third-order valence-corrected chi connectivity index (χ3v) is 17.4. The van der Waals surface area contributed by atoms with Crippen molar-refractivity contribution < 1.29 is 108 Å². The van der Waals surface area contributed by atoms with Gasteiger partial charge in [-0.3, -0.25) is 67.1 Å². The predicted molar refractivity (Wildman–Crippen MR) is 373 cm³/mol. The van der Waals surface area contributed by atoms with Gasteiger partial charge in [0.1, 0.15) is 66.5 Å². The number of hydrogen-bond acceptors (Lipinski definition) is 24. The fourth-order valence-electron chi connectivity index (χ4n) is 10.6. The normalized spacial score (nSPS) is 18.3. The maximum Gasteiger partial charge on any atom is 0.328 e. The molecule has 1 rings (SSSR count). The summed E-state index contributed by atoms with van der Waals surface area (Å²) in [4.78, 5) is 203. The number of aliphatic hydroxyl groups excluding tert-OH is 6. The molecule has 39 nitrogen and oxygen atoms in total. The highest BCUT2D eigenvalue weighted by Crippen LogP contribution is 2.21. The van der Waals surface area contributed by atoms with Crippen molar-refractivity contribution >= 4 is 88.7 Å². The number of carboxylic acid groups (broad SMARTS) is 1. The fraction of sp³-hybridized carbons (Fsp3) is 0.769. The van der Waals surface area contributed by atoms with Crippen LogP contribution in [0, 0.1) is 17.8 Å². The van der Waals surface area contributed by atoms with Crippen LogP contribution in [-0.4, -0.2) is 278 Å². The summed E-state index contributed by atoms with van der Waals surface area (Å²) in [6.07, 6.45) is -5.28. The van der Waals surface area contributed by atoms with Crippen molar-refractivity contribution in [3.05, 3.63) is 0 Å². The van der Waals surface area contributed by atoms with Crippen LogP contribution in [0.25, 0.3) is 0 Å². The zero-order valence-corrected chi connectivity index (χ0v) is 61.6. The summed E-state index contributed by atoms with van der Waals surface area (Å²) >= 11 is 0. The Morgan fingerprint density at radius 1 is 0.433 bits per heavy atom. The fourth-order valence-corrected chi connectivity index (χ4v) is 10.6. The number of carbonyl (C=O) groups is 15. The Labute approximate surface area is 605 Å². The van der Waals surface area contributed by atoms with Crippen molar-refractivity contribution in [2.45, 2.75) is 263 Å². The molecule has 1 saturated heterocycles. The van der Waals surface area contributed by atoms with E-state index in [0.29, 0.717) is 38.6 Å². The van der Waals surface area contributed by atoms with Gasteiger partial charge in [0.05, 0.1) is 56.3 Å². The summed E-state index contributed by atoms with van der Waals surface area (Å²) in [7, 11) is 0. The van der Waals surface area contributed by atoms with Gasteiger partial charge in [0.25, 0.3) is 0 Å². The first kappa shape index (κ1) is 93.7. The van der Waals surface area contributed by atoms with Crippen molar-refractivity contribution in [1.29, 1.82) is 0 Å². The van der Waals surface area contributed by atoms with Crippen molar-refractivity contribution in [1.82, 2.24) is 74.0 Å². The Morgan fingerprint density at radius 3 is 1.26 bits per heavy atom. The average molecular weight is 1490 g/mol. The largest absolute Gasteiger partial charge is 0.480 e. The first-order valence-corrected chi connectivity index (χ1v) is 35.2. The third-order valence-electron chi connectivity index (χ3n) is 17.4. The maximum absolute atomic E-state index is 14.3. The van der Waals surface area contributed by atoms with Crippen LogP contribution in [0.4, 0.5) is 0 Å². The Balaban J connectivity index is 3.26. The summed E-state index contributed by atoms with van der Waals surface area (Å²) in [5.41, 5.74) is 17.3. The number of rotatable bonds is 48. The van der Waals surface area contributed by atoms with Gasteiger partial charge in [-0.05, 0) is 124 Å². The minimum absolute atomic E-state index is 0.0171. The molecule has 104 heavy (non-hydrogen) atoms. The topological polar surface area (TPSA) is 635 Å². The first-order chi connectivity index (χ1) is 48.6. The highest BCUT2D eigenvalue weighted by Gasteiger charge is 2.43. The molecule has 1 aliphatic heterocycles. The van der Waals surface area contributed by atoms with Crippen molar-refractivity contribution in [3.63, 3.8) is 0 Å². The predicted octanol–water partition coefficient (Wildman–Crippen LogP) is -8.73. The quantitative estimate of drug-likeness (QED) is 0.0252. The molecule has 1 heterocycles. The molecule has 0 saturated carbocycles. The number of nitrogens with two attached hydrogens (primary N) is 3. The van der Waals surface area contributed by atoms with E-state index in [4.69, 9.17) is 17.2 Å². The van der Waals surface area contributed by atoms with Gasteiger partial charge in [-0.25, -0.2) is 4.79 Å². The number of unbranched alkanes of at least 4 members (excludes halogenated alkanes) is 2. The van der Waals surface area contributed by atoms with E-state index in [1.54, 1.807) is 41.5 Å². The molecule has 39 heteroatoms. The zero-order chi connectivity index (χ0) is 79.6. The lowest BCUT2D eigenvalue weighted by molar-refractivity contribution is -0.145. The molecule has 1 fully saturated rings. The second kappa shape index (κ2) is 47.2. The molecule has 594 valence electrons. The lowest BCUT2D eigenvalue weighted by Crippen LogP contribution is -2.63. The molecule has 0 radical (unpaired) electrons. The Kier molecular flexibility index (Phi) is 42.5. The van der Waals surface area contributed by atoms with Gasteiger partial charge in [0, 0.05) is 6.54 Å². The van der Waals surface area contributed by atoms with Gasteiger partial charge < -0.3 is 127 Å². The maximum atomic E-state index is 14.3. The number of hydrogen-bond donors (Lipinski definition) is 23. The van der Waals surface area contributed by atoms with E-state index < -0.39 is 229 Å². The molecule has 14 amide bonds.